The normalized spacial score (nSPS) is 15.1. The molecule has 0 aromatic heterocycles. The summed E-state index contributed by atoms with van der Waals surface area (Å²) < 4.78 is 11.3. The lowest BCUT2D eigenvalue weighted by atomic mass is 10.2. The van der Waals surface area contributed by atoms with Crippen molar-refractivity contribution in [2.75, 3.05) is 14.2 Å². The zero-order valence-corrected chi connectivity index (χ0v) is 18.1. The molecule has 1 fully saturated rings. The third-order valence-electron chi connectivity index (χ3n) is 3.83. The fraction of sp³-hybridized carbons (Fsp3) is 0.105. The summed E-state index contributed by atoms with van der Waals surface area (Å²) in [5.74, 6) is 0.503. The van der Waals surface area contributed by atoms with Gasteiger partial charge < -0.3 is 9.47 Å². The van der Waals surface area contributed by atoms with Crippen molar-refractivity contribution in [2.24, 2.45) is 0 Å². The molecule has 2 amide bonds. The lowest BCUT2D eigenvalue weighted by molar-refractivity contribution is -0.123. The number of carbonyl (C=O) groups excluding carboxylic acids is 2. The Morgan fingerprint density at radius 1 is 1.18 bits per heavy atom. The van der Waals surface area contributed by atoms with Gasteiger partial charge in [-0.05, 0) is 76.2 Å². The molecule has 3 rings (SSSR count). The second-order valence-corrected chi connectivity index (χ2v) is 8.11. The molecule has 0 radical (unpaired) electrons. The van der Waals surface area contributed by atoms with Crippen LogP contribution in [0.15, 0.2) is 51.8 Å². The Hall–Kier alpha value is -2.36. The summed E-state index contributed by atoms with van der Waals surface area (Å²) in [7, 11) is 3.12. The molecule has 0 saturated carbocycles. The van der Waals surface area contributed by atoms with E-state index in [9.17, 15) is 9.59 Å². The van der Waals surface area contributed by atoms with E-state index in [2.05, 4.69) is 21.4 Å². The van der Waals surface area contributed by atoms with Crippen molar-refractivity contribution in [2.45, 2.75) is 0 Å². The van der Waals surface area contributed by atoms with E-state index in [0.717, 1.165) is 26.8 Å². The first-order valence-electron chi connectivity index (χ1n) is 7.99. The molecule has 1 aliphatic rings. The molecule has 2 aromatic rings. The van der Waals surface area contributed by atoms with Crippen LogP contribution in [-0.4, -0.2) is 35.4 Å². The van der Waals surface area contributed by atoms with Gasteiger partial charge in [0.2, 0.25) is 0 Å². The Kier molecular flexibility index (Phi) is 6.38. The van der Waals surface area contributed by atoms with Crippen LogP contribution in [0.4, 0.5) is 0 Å². The van der Waals surface area contributed by atoms with Crippen molar-refractivity contribution in [1.82, 2.24) is 10.4 Å². The second-order valence-electron chi connectivity index (χ2n) is 5.58. The lowest BCUT2D eigenvalue weighted by Gasteiger charge is -2.15. The van der Waals surface area contributed by atoms with Crippen LogP contribution in [0.2, 0.25) is 0 Å². The third kappa shape index (κ3) is 4.37. The lowest BCUT2D eigenvalue weighted by Crippen LogP contribution is -2.44. The summed E-state index contributed by atoms with van der Waals surface area (Å²) in [6.07, 6.45) is 1.71. The maximum Gasteiger partial charge on any atom is 0.285 e. The van der Waals surface area contributed by atoms with E-state index >= 15 is 0 Å². The third-order valence-corrected chi connectivity index (χ3v) is 5.75. The molecule has 0 spiro atoms. The van der Waals surface area contributed by atoms with Crippen LogP contribution in [-0.2, 0) is 4.79 Å². The van der Waals surface area contributed by atoms with Gasteiger partial charge in [0.15, 0.2) is 4.32 Å². The monoisotopic (exact) mass is 478 g/mol. The number of thiocarbonyl (C=S) groups is 1. The molecular weight excluding hydrogens is 464 g/mol. The van der Waals surface area contributed by atoms with Crippen molar-refractivity contribution in [3.63, 3.8) is 0 Å². The van der Waals surface area contributed by atoms with E-state index in [1.807, 2.05) is 12.1 Å². The number of amides is 2. The number of hydrogen-bond acceptors (Lipinski definition) is 6. The van der Waals surface area contributed by atoms with E-state index in [4.69, 9.17) is 21.7 Å². The highest BCUT2D eigenvalue weighted by molar-refractivity contribution is 9.10. The summed E-state index contributed by atoms with van der Waals surface area (Å²) in [4.78, 5) is 25.5. The molecule has 1 N–H and O–H groups in total. The quantitative estimate of drug-likeness (QED) is 0.517. The van der Waals surface area contributed by atoms with Crippen molar-refractivity contribution >= 4 is 62.1 Å². The van der Waals surface area contributed by atoms with Gasteiger partial charge in [0.25, 0.3) is 11.8 Å². The van der Waals surface area contributed by atoms with Gasteiger partial charge in [-0.2, -0.15) is 5.01 Å². The number of rotatable bonds is 5. The Morgan fingerprint density at radius 2 is 1.89 bits per heavy atom. The molecule has 1 aliphatic heterocycles. The first-order chi connectivity index (χ1) is 13.4. The molecule has 1 saturated heterocycles. The standard InChI is InChI=1S/C19H15BrN2O4S2/c1-25-13-6-4-12(5-7-13)17(23)21-22-18(24)16(28-19(22)27)10-11-3-8-15(26-2)14(20)9-11/h3-10H,1-2H3,(H,21,23)/b16-10+. The Bertz CT molecular complexity index is 976. The maximum atomic E-state index is 12.7. The minimum Gasteiger partial charge on any atom is -0.497 e. The SMILES string of the molecule is COc1ccc(C(=O)NN2C(=O)/C(=C\c3ccc(OC)c(Br)c3)SC2=S)cc1. The number of ether oxygens (including phenoxy) is 2. The van der Waals surface area contributed by atoms with Crippen molar-refractivity contribution in [1.29, 1.82) is 0 Å². The highest BCUT2D eigenvalue weighted by Gasteiger charge is 2.33. The molecule has 0 unspecified atom stereocenters. The van der Waals surface area contributed by atoms with Gasteiger partial charge in [-0.3, -0.25) is 15.0 Å². The predicted molar refractivity (Wildman–Crippen MR) is 116 cm³/mol. The minimum atomic E-state index is -0.438. The molecule has 9 heteroatoms. The van der Waals surface area contributed by atoms with E-state index in [-0.39, 0.29) is 10.2 Å². The number of thioether (sulfide) groups is 1. The second kappa shape index (κ2) is 8.76. The average molecular weight is 479 g/mol. The summed E-state index contributed by atoms with van der Waals surface area (Å²) in [5.41, 5.74) is 3.74. The first kappa shape index (κ1) is 20.4. The summed E-state index contributed by atoms with van der Waals surface area (Å²) in [6, 6.07) is 12.0. The van der Waals surface area contributed by atoms with E-state index in [0.29, 0.717) is 22.0 Å². The van der Waals surface area contributed by atoms with E-state index in [1.54, 1.807) is 50.6 Å². The predicted octanol–water partition coefficient (Wildman–Crippen LogP) is 4.01. The highest BCUT2D eigenvalue weighted by Crippen LogP contribution is 2.33. The van der Waals surface area contributed by atoms with Crippen molar-refractivity contribution in [3.05, 3.63) is 63.0 Å². The fourth-order valence-electron chi connectivity index (χ4n) is 2.40. The topological polar surface area (TPSA) is 67.9 Å². The number of carbonyl (C=O) groups is 2. The first-order valence-corrected chi connectivity index (χ1v) is 10.0. The number of nitrogens with zero attached hydrogens (tertiary/aromatic N) is 1. The number of halogens is 1. The number of nitrogens with one attached hydrogen (secondary N) is 1. The van der Waals surface area contributed by atoms with Gasteiger partial charge in [0.05, 0.1) is 23.6 Å². The molecular formula is C19H15BrN2O4S2. The van der Waals surface area contributed by atoms with Crippen molar-refractivity contribution < 1.29 is 19.1 Å². The van der Waals surface area contributed by atoms with Gasteiger partial charge in [-0.1, -0.05) is 17.8 Å². The van der Waals surface area contributed by atoms with Crippen LogP contribution in [0.5, 0.6) is 11.5 Å². The highest BCUT2D eigenvalue weighted by atomic mass is 79.9. The molecule has 28 heavy (non-hydrogen) atoms. The summed E-state index contributed by atoms with van der Waals surface area (Å²) >= 11 is 9.79. The zero-order valence-electron chi connectivity index (χ0n) is 14.9. The molecule has 1 heterocycles. The molecule has 0 aliphatic carbocycles. The maximum absolute atomic E-state index is 12.7. The van der Waals surface area contributed by atoms with Gasteiger partial charge in [0.1, 0.15) is 11.5 Å². The molecule has 6 nitrogen and oxygen atoms in total. The van der Waals surface area contributed by atoms with E-state index < -0.39 is 5.91 Å². The van der Waals surface area contributed by atoms with Crippen LogP contribution in [0.3, 0.4) is 0 Å². The van der Waals surface area contributed by atoms with Crippen LogP contribution in [0.1, 0.15) is 15.9 Å². The van der Waals surface area contributed by atoms with Gasteiger partial charge in [-0.15, -0.1) is 0 Å². The number of benzene rings is 2. The van der Waals surface area contributed by atoms with Crippen LogP contribution < -0.4 is 14.9 Å². The fourth-order valence-corrected chi connectivity index (χ4v) is 4.13. The van der Waals surface area contributed by atoms with Gasteiger partial charge in [0, 0.05) is 5.56 Å². The Balaban J connectivity index is 1.75. The summed E-state index contributed by atoms with van der Waals surface area (Å²) in [6.45, 7) is 0. The number of hydrazine groups is 1. The molecule has 0 bridgehead atoms. The Labute approximate surface area is 180 Å². The van der Waals surface area contributed by atoms with Crippen LogP contribution in [0, 0.1) is 0 Å². The molecule has 2 aromatic carbocycles. The minimum absolute atomic E-state index is 0.255. The Morgan fingerprint density at radius 3 is 2.50 bits per heavy atom. The van der Waals surface area contributed by atoms with Crippen LogP contribution in [0.25, 0.3) is 6.08 Å². The molecule has 0 atom stereocenters. The van der Waals surface area contributed by atoms with Gasteiger partial charge >= 0.3 is 0 Å². The average Bonchev–Trinajstić information content (AvgIpc) is 2.95. The van der Waals surface area contributed by atoms with E-state index in [1.165, 1.54) is 0 Å². The molecule has 144 valence electrons. The summed E-state index contributed by atoms with van der Waals surface area (Å²) in [5, 5.41) is 1.08. The largest absolute Gasteiger partial charge is 0.497 e. The smallest absolute Gasteiger partial charge is 0.285 e. The van der Waals surface area contributed by atoms with Gasteiger partial charge in [-0.25, -0.2) is 0 Å². The zero-order chi connectivity index (χ0) is 20.3. The van der Waals surface area contributed by atoms with Crippen LogP contribution >= 0.6 is 39.9 Å². The number of hydrogen-bond donors (Lipinski definition) is 1. The number of methoxy groups -OCH3 is 2. The van der Waals surface area contributed by atoms with Crippen molar-refractivity contribution in [3.8, 4) is 11.5 Å².